The van der Waals surface area contributed by atoms with E-state index in [-0.39, 0.29) is 23.3 Å². The predicted molar refractivity (Wildman–Crippen MR) is 91.5 cm³/mol. The summed E-state index contributed by atoms with van der Waals surface area (Å²) in [5, 5.41) is 0. The smallest absolute Gasteiger partial charge is 0.228 e. The number of hydrogen-bond acceptors (Lipinski definition) is 4. The van der Waals surface area contributed by atoms with Crippen molar-refractivity contribution in [1.29, 1.82) is 0 Å². The molecular formula is C19H25N3O3. The first kappa shape index (κ1) is 16.5. The van der Waals surface area contributed by atoms with Crippen molar-refractivity contribution in [3.05, 3.63) is 30.1 Å². The molecule has 2 amide bonds. The molecule has 1 aromatic rings. The predicted octanol–water partition coefficient (Wildman–Crippen LogP) is 1.60. The molecule has 1 aromatic heterocycles. The molecule has 0 aliphatic carbocycles. The molecule has 0 radical (unpaired) electrons. The molecule has 0 bridgehead atoms. The fraction of sp³-hybridized carbons (Fsp3) is 0.632. The molecule has 3 fully saturated rings. The highest BCUT2D eigenvalue weighted by Gasteiger charge is 2.47. The maximum atomic E-state index is 12.6. The number of nitrogens with zero attached hydrogens (tertiary/aromatic N) is 3. The molecule has 6 heteroatoms. The molecule has 3 aliphatic rings. The zero-order chi connectivity index (χ0) is 17.3. The summed E-state index contributed by atoms with van der Waals surface area (Å²) in [6.45, 7) is 3.40. The highest BCUT2D eigenvalue weighted by molar-refractivity contribution is 5.81. The third-order valence-corrected chi connectivity index (χ3v) is 6.05. The number of aromatic nitrogens is 1. The Kier molecular flexibility index (Phi) is 4.46. The van der Waals surface area contributed by atoms with Gasteiger partial charge in [0.15, 0.2) is 0 Å². The van der Waals surface area contributed by atoms with E-state index in [1.165, 1.54) is 0 Å². The van der Waals surface area contributed by atoms with E-state index in [0.29, 0.717) is 26.2 Å². The molecule has 0 saturated carbocycles. The summed E-state index contributed by atoms with van der Waals surface area (Å²) >= 11 is 0. The van der Waals surface area contributed by atoms with Crippen LogP contribution < -0.4 is 0 Å². The average molecular weight is 343 g/mol. The van der Waals surface area contributed by atoms with Gasteiger partial charge in [-0.1, -0.05) is 0 Å². The normalized spacial score (nSPS) is 25.8. The van der Waals surface area contributed by atoms with Gasteiger partial charge in [0.25, 0.3) is 0 Å². The highest BCUT2D eigenvalue weighted by Crippen LogP contribution is 2.40. The van der Waals surface area contributed by atoms with Crippen LogP contribution in [-0.2, 0) is 20.9 Å². The number of carbonyl (C=O) groups is 2. The Morgan fingerprint density at radius 3 is 2.68 bits per heavy atom. The quantitative estimate of drug-likeness (QED) is 0.836. The number of pyridine rings is 1. The largest absolute Gasteiger partial charge is 0.381 e. The minimum absolute atomic E-state index is 0.0344. The number of piperidine rings is 1. The summed E-state index contributed by atoms with van der Waals surface area (Å²) in [4.78, 5) is 33.2. The van der Waals surface area contributed by atoms with E-state index in [0.717, 1.165) is 44.3 Å². The van der Waals surface area contributed by atoms with Crippen LogP contribution >= 0.6 is 0 Å². The molecule has 134 valence electrons. The molecule has 4 rings (SSSR count). The van der Waals surface area contributed by atoms with Crippen LogP contribution in [0.5, 0.6) is 0 Å². The van der Waals surface area contributed by atoms with Gasteiger partial charge >= 0.3 is 0 Å². The van der Waals surface area contributed by atoms with Crippen molar-refractivity contribution in [3.8, 4) is 0 Å². The lowest BCUT2D eigenvalue weighted by Gasteiger charge is -2.45. The monoisotopic (exact) mass is 343 g/mol. The van der Waals surface area contributed by atoms with Crippen molar-refractivity contribution in [1.82, 2.24) is 14.8 Å². The van der Waals surface area contributed by atoms with Crippen LogP contribution in [0.4, 0.5) is 0 Å². The number of hydrogen-bond donors (Lipinski definition) is 0. The summed E-state index contributed by atoms with van der Waals surface area (Å²) in [7, 11) is 0. The third kappa shape index (κ3) is 3.15. The van der Waals surface area contributed by atoms with Crippen molar-refractivity contribution in [2.75, 3.05) is 26.3 Å². The van der Waals surface area contributed by atoms with Gasteiger partial charge in [-0.05, 0) is 43.4 Å². The molecule has 25 heavy (non-hydrogen) atoms. The summed E-state index contributed by atoms with van der Waals surface area (Å²) in [5.41, 5.74) is 1.04. The molecule has 0 aromatic carbocycles. The lowest BCUT2D eigenvalue weighted by atomic mass is 9.84. The fourth-order valence-electron chi connectivity index (χ4n) is 4.45. The van der Waals surface area contributed by atoms with Crippen molar-refractivity contribution in [2.45, 2.75) is 44.2 Å². The topological polar surface area (TPSA) is 62.7 Å². The Hall–Kier alpha value is -1.95. The van der Waals surface area contributed by atoms with Crippen LogP contribution in [0.3, 0.4) is 0 Å². The van der Waals surface area contributed by atoms with E-state index in [2.05, 4.69) is 9.88 Å². The first-order valence-corrected chi connectivity index (χ1v) is 9.24. The number of likely N-dealkylation sites (tertiary alicyclic amines) is 2. The van der Waals surface area contributed by atoms with Crippen molar-refractivity contribution >= 4 is 11.8 Å². The van der Waals surface area contributed by atoms with Gasteiger partial charge in [0.05, 0.1) is 12.5 Å². The second-order valence-corrected chi connectivity index (χ2v) is 7.45. The first-order chi connectivity index (χ1) is 12.2. The highest BCUT2D eigenvalue weighted by atomic mass is 16.5. The second kappa shape index (κ2) is 6.75. The third-order valence-electron chi connectivity index (χ3n) is 6.05. The van der Waals surface area contributed by atoms with E-state index in [1.54, 1.807) is 12.4 Å². The van der Waals surface area contributed by atoms with E-state index >= 15 is 0 Å². The number of amides is 2. The molecule has 0 unspecified atom stereocenters. The number of carbonyl (C=O) groups excluding carboxylic acids is 2. The van der Waals surface area contributed by atoms with E-state index in [4.69, 9.17) is 4.74 Å². The summed E-state index contributed by atoms with van der Waals surface area (Å²) in [5.74, 6) is 0.505. The standard InChI is InChI=1S/C19H25N3O3/c23-17-1-5-19(22(17)13-15-2-8-20-9-3-15)6-10-21(11-7-19)18(24)16-4-12-25-14-16/h2-3,8-9,16H,1,4-7,10-14H2/t16-/m0/s1. The van der Waals surface area contributed by atoms with Crippen LogP contribution in [0, 0.1) is 5.92 Å². The number of rotatable bonds is 3. The van der Waals surface area contributed by atoms with Gasteiger partial charge in [-0.25, -0.2) is 0 Å². The molecule has 3 aliphatic heterocycles. The number of ether oxygens (including phenoxy) is 1. The van der Waals surface area contributed by atoms with Crippen molar-refractivity contribution < 1.29 is 14.3 Å². The minimum Gasteiger partial charge on any atom is -0.381 e. The van der Waals surface area contributed by atoms with Gasteiger partial charge in [-0.15, -0.1) is 0 Å². The molecule has 0 N–H and O–H groups in total. The Morgan fingerprint density at radius 1 is 1.24 bits per heavy atom. The molecule has 1 atom stereocenters. The second-order valence-electron chi connectivity index (χ2n) is 7.45. The van der Waals surface area contributed by atoms with E-state index in [1.807, 2.05) is 17.0 Å². The van der Waals surface area contributed by atoms with E-state index < -0.39 is 0 Å². The summed E-state index contributed by atoms with van der Waals surface area (Å²) in [6.07, 6.45) is 7.67. The Morgan fingerprint density at radius 2 is 2.00 bits per heavy atom. The molecule has 1 spiro atoms. The van der Waals surface area contributed by atoms with Gasteiger partial charge in [0, 0.05) is 50.6 Å². The molecular weight excluding hydrogens is 318 g/mol. The Bertz CT molecular complexity index is 635. The zero-order valence-electron chi connectivity index (χ0n) is 14.5. The van der Waals surface area contributed by atoms with Gasteiger partial charge in [-0.2, -0.15) is 0 Å². The van der Waals surface area contributed by atoms with Crippen LogP contribution in [0.25, 0.3) is 0 Å². The fourth-order valence-corrected chi connectivity index (χ4v) is 4.45. The SMILES string of the molecule is O=C([C@H]1CCOC1)N1CCC2(CCC(=O)N2Cc2ccncc2)CC1. The first-order valence-electron chi connectivity index (χ1n) is 9.24. The average Bonchev–Trinajstić information content (AvgIpc) is 3.28. The Balaban J connectivity index is 1.43. The Labute approximate surface area is 148 Å². The summed E-state index contributed by atoms with van der Waals surface area (Å²) in [6, 6.07) is 3.94. The van der Waals surface area contributed by atoms with Gasteiger partial charge < -0.3 is 14.5 Å². The van der Waals surface area contributed by atoms with Crippen molar-refractivity contribution in [2.24, 2.45) is 5.92 Å². The molecule has 4 heterocycles. The lowest BCUT2D eigenvalue weighted by molar-refractivity contribution is -0.140. The molecule has 3 saturated heterocycles. The van der Waals surface area contributed by atoms with E-state index in [9.17, 15) is 9.59 Å². The minimum atomic E-state index is -0.0801. The van der Waals surface area contributed by atoms with Gasteiger partial charge in [0.2, 0.25) is 11.8 Å². The van der Waals surface area contributed by atoms with Crippen LogP contribution in [0.15, 0.2) is 24.5 Å². The maximum Gasteiger partial charge on any atom is 0.228 e. The van der Waals surface area contributed by atoms with Crippen molar-refractivity contribution in [3.63, 3.8) is 0 Å². The maximum absolute atomic E-state index is 12.6. The van der Waals surface area contributed by atoms with Crippen LogP contribution in [0.1, 0.15) is 37.7 Å². The van der Waals surface area contributed by atoms with Gasteiger partial charge in [0.1, 0.15) is 0 Å². The summed E-state index contributed by atoms with van der Waals surface area (Å²) < 4.78 is 5.35. The molecule has 6 nitrogen and oxygen atoms in total. The van der Waals surface area contributed by atoms with Crippen LogP contribution in [0.2, 0.25) is 0 Å². The van der Waals surface area contributed by atoms with Gasteiger partial charge in [-0.3, -0.25) is 14.6 Å². The van der Waals surface area contributed by atoms with Crippen LogP contribution in [-0.4, -0.2) is 58.4 Å². The zero-order valence-corrected chi connectivity index (χ0v) is 14.5. The lowest BCUT2D eigenvalue weighted by Crippen LogP contribution is -2.54.